The molecule has 1 aromatic carbocycles. The SMILES string of the molecule is CCCNC(CSCC)Cc1ccc(C(C)(C)C)cc1. The molecule has 1 atom stereocenters. The minimum Gasteiger partial charge on any atom is -0.313 e. The lowest BCUT2D eigenvalue weighted by molar-refractivity contribution is 0.549. The number of thioether (sulfide) groups is 1. The van der Waals surface area contributed by atoms with Crippen LogP contribution in [-0.4, -0.2) is 24.1 Å². The third kappa shape index (κ3) is 6.32. The summed E-state index contributed by atoms with van der Waals surface area (Å²) in [5.41, 5.74) is 3.11. The van der Waals surface area contributed by atoms with Crippen molar-refractivity contribution in [1.29, 1.82) is 0 Å². The third-order valence-corrected chi connectivity index (χ3v) is 4.55. The Balaban J connectivity index is 2.62. The number of hydrogen-bond donors (Lipinski definition) is 1. The monoisotopic (exact) mass is 293 g/mol. The van der Waals surface area contributed by atoms with Gasteiger partial charge in [-0.15, -0.1) is 0 Å². The molecular formula is C18H31NS. The van der Waals surface area contributed by atoms with Crippen LogP contribution >= 0.6 is 11.8 Å². The molecule has 0 bridgehead atoms. The van der Waals surface area contributed by atoms with Gasteiger partial charge in [0.2, 0.25) is 0 Å². The Morgan fingerprint density at radius 3 is 2.25 bits per heavy atom. The van der Waals surface area contributed by atoms with E-state index in [1.807, 2.05) is 11.8 Å². The standard InChI is InChI=1S/C18H31NS/c1-6-12-19-17(14-20-7-2)13-15-8-10-16(11-9-15)18(3,4)5/h8-11,17,19H,6-7,12-14H2,1-5H3. The van der Waals surface area contributed by atoms with Crippen LogP contribution < -0.4 is 5.32 Å². The third-order valence-electron chi connectivity index (χ3n) is 3.51. The van der Waals surface area contributed by atoms with E-state index in [0.717, 1.165) is 13.0 Å². The highest BCUT2D eigenvalue weighted by Gasteiger charge is 2.14. The summed E-state index contributed by atoms with van der Waals surface area (Å²) in [4.78, 5) is 0. The molecule has 0 saturated heterocycles. The minimum atomic E-state index is 0.246. The van der Waals surface area contributed by atoms with Gasteiger partial charge in [-0.25, -0.2) is 0 Å². The summed E-state index contributed by atoms with van der Waals surface area (Å²) in [6, 6.07) is 9.79. The van der Waals surface area contributed by atoms with Gasteiger partial charge in [-0.3, -0.25) is 0 Å². The van der Waals surface area contributed by atoms with E-state index in [2.05, 4.69) is 64.2 Å². The predicted octanol–water partition coefficient (Wildman–Crippen LogP) is 4.65. The molecule has 0 aliphatic heterocycles. The molecular weight excluding hydrogens is 262 g/mol. The van der Waals surface area contributed by atoms with Crippen LogP contribution in [0.1, 0.15) is 52.2 Å². The Kier molecular flexibility index (Phi) is 7.68. The first-order valence-electron chi connectivity index (χ1n) is 7.88. The van der Waals surface area contributed by atoms with Gasteiger partial charge in [0.1, 0.15) is 0 Å². The summed E-state index contributed by atoms with van der Waals surface area (Å²) in [6.45, 7) is 12.4. The quantitative estimate of drug-likeness (QED) is 0.749. The minimum absolute atomic E-state index is 0.246. The smallest absolute Gasteiger partial charge is 0.0198 e. The van der Waals surface area contributed by atoms with Crippen LogP contribution in [0.4, 0.5) is 0 Å². The fourth-order valence-corrected chi connectivity index (χ4v) is 2.98. The molecule has 1 aromatic rings. The second-order valence-corrected chi connectivity index (χ2v) is 7.78. The molecule has 1 nitrogen and oxygen atoms in total. The van der Waals surface area contributed by atoms with Gasteiger partial charge in [-0.05, 0) is 41.7 Å². The van der Waals surface area contributed by atoms with Crippen LogP contribution in [0.5, 0.6) is 0 Å². The first-order valence-corrected chi connectivity index (χ1v) is 9.03. The van der Waals surface area contributed by atoms with E-state index in [9.17, 15) is 0 Å². The van der Waals surface area contributed by atoms with Crippen molar-refractivity contribution in [2.24, 2.45) is 0 Å². The van der Waals surface area contributed by atoms with E-state index < -0.39 is 0 Å². The Bertz CT molecular complexity index is 356. The predicted molar refractivity (Wildman–Crippen MR) is 93.9 cm³/mol. The first-order chi connectivity index (χ1) is 9.47. The molecule has 0 radical (unpaired) electrons. The molecule has 2 heteroatoms. The normalized spacial score (nSPS) is 13.4. The molecule has 0 aliphatic rings. The van der Waals surface area contributed by atoms with E-state index in [1.54, 1.807) is 0 Å². The highest BCUT2D eigenvalue weighted by atomic mass is 32.2. The number of hydrogen-bond acceptors (Lipinski definition) is 2. The zero-order valence-electron chi connectivity index (χ0n) is 13.8. The van der Waals surface area contributed by atoms with Crippen molar-refractivity contribution < 1.29 is 0 Å². The van der Waals surface area contributed by atoms with E-state index in [0.29, 0.717) is 6.04 Å². The van der Waals surface area contributed by atoms with Crippen molar-refractivity contribution in [3.63, 3.8) is 0 Å². The van der Waals surface area contributed by atoms with E-state index in [1.165, 1.54) is 29.1 Å². The molecule has 1 unspecified atom stereocenters. The van der Waals surface area contributed by atoms with Crippen LogP contribution in [-0.2, 0) is 11.8 Å². The molecule has 0 amide bonds. The summed E-state index contributed by atoms with van der Waals surface area (Å²) >= 11 is 2.03. The van der Waals surface area contributed by atoms with Crippen LogP contribution in [0.25, 0.3) is 0 Å². The Hall–Kier alpha value is -0.470. The molecule has 0 aromatic heterocycles. The van der Waals surface area contributed by atoms with Crippen molar-refractivity contribution in [3.8, 4) is 0 Å². The lowest BCUT2D eigenvalue weighted by Crippen LogP contribution is -2.34. The fourth-order valence-electron chi connectivity index (χ4n) is 2.22. The maximum Gasteiger partial charge on any atom is 0.0198 e. The molecule has 1 N–H and O–H groups in total. The van der Waals surface area contributed by atoms with Gasteiger partial charge in [0.05, 0.1) is 0 Å². The van der Waals surface area contributed by atoms with Gasteiger partial charge in [-0.1, -0.05) is 58.9 Å². The average Bonchev–Trinajstić information content (AvgIpc) is 2.41. The summed E-state index contributed by atoms with van der Waals surface area (Å²) in [6.07, 6.45) is 2.34. The van der Waals surface area contributed by atoms with Gasteiger partial charge in [-0.2, -0.15) is 11.8 Å². The lowest BCUT2D eigenvalue weighted by atomic mass is 9.86. The van der Waals surface area contributed by atoms with E-state index in [4.69, 9.17) is 0 Å². The molecule has 0 saturated carbocycles. The number of benzene rings is 1. The van der Waals surface area contributed by atoms with Crippen molar-refractivity contribution in [2.45, 2.75) is 58.9 Å². The van der Waals surface area contributed by atoms with Crippen LogP contribution in [0.3, 0.4) is 0 Å². The Morgan fingerprint density at radius 1 is 1.10 bits per heavy atom. The molecule has 20 heavy (non-hydrogen) atoms. The topological polar surface area (TPSA) is 12.0 Å². The number of rotatable bonds is 8. The van der Waals surface area contributed by atoms with Gasteiger partial charge in [0.25, 0.3) is 0 Å². The average molecular weight is 294 g/mol. The van der Waals surface area contributed by atoms with Crippen LogP contribution in [0.2, 0.25) is 0 Å². The first kappa shape index (κ1) is 17.6. The Labute approximate surface area is 129 Å². The van der Waals surface area contributed by atoms with Crippen LogP contribution in [0.15, 0.2) is 24.3 Å². The maximum absolute atomic E-state index is 3.68. The zero-order chi connectivity index (χ0) is 15.0. The van der Waals surface area contributed by atoms with Gasteiger partial charge >= 0.3 is 0 Å². The Morgan fingerprint density at radius 2 is 1.75 bits per heavy atom. The lowest BCUT2D eigenvalue weighted by Gasteiger charge is -2.21. The summed E-state index contributed by atoms with van der Waals surface area (Å²) in [5.74, 6) is 2.41. The molecule has 0 heterocycles. The van der Waals surface area contributed by atoms with Gasteiger partial charge in [0, 0.05) is 11.8 Å². The van der Waals surface area contributed by atoms with E-state index >= 15 is 0 Å². The van der Waals surface area contributed by atoms with Gasteiger partial charge < -0.3 is 5.32 Å². The molecule has 0 aliphatic carbocycles. The zero-order valence-corrected chi connectivity index (χ0v) is 14.6. The fraction of sp³-hybridized carbons (Fsp3) is 0.667. The maximum atomic E-state index is 3.68. The largest absolute Gasteiger partial charge is 0.313 e. The van der Waals surface area contributed by atoms with Crippen molar-refractivity contribution in [2.75, 3.05) is 18.1 Å². The van der Waals surface area contributed by atoms with Crippen LogP contribution in [0, 0.1) is 0 Å². The van der Waals surface area contributed by atoms with Gasteiger partial charge in [0.15, 0.2) is 0 Å². The summed E-state index contributed by atoms with van der Waals surface area (Å²) in [7, 11) is 0. The second-order valence-electron chi connectivity index (χ2n) is 6.46. The van der Waals surface area contributed by atoms with Crippen molar-refractivity contribution >= 4 is 11.8 Å². The highest BCUT2D eigenvalue weighted by molar-refractivity contribution is 7.99. The number of nitrogens with one attached hydrogen (secondary N) is 1. The summed E-state index contributed by atoms with van der Waals surface area (Å²) < 4.78 is 0. The molecule has 114 valence electrons. The van der Waals surface area contributed by atoms with Crippen molar-refractivity contribution in [3.05, 3.63) is 35.4 Å². The molecule has 0 spiro atoms. The molecule has 0 fully saturated rings. The summed E-state index contributed by atoms with van der Waals surface area (Å²) in [5, 5.41) is 3.68. The van der Waals surface area contributed by atoms with Crippen molar-refractivity contribution in [1.82, 2.24) is 5.32 Å². The highest BCUT2D eigenvalue weighted by Crippen LogP contribution is 2.22. The van der Waals surface area contributed by atoms with E-state index in [-0.39, 0.29) is 5.41 Å². The second kappa shape index (κ2) is 8.74. The molecule has 1 rings (SSSR count).